The molecule has 0 unspecified atom stereocenters. The molecule has 0 saturated carbocycles. The average molecular weight is 301 g/mol. The number of benzene rings is 2. The van der Waals surface area contributed by atoms with Gasteiger partial charge in [-0.2, -0.15) is 0 Å². The lowest BCUT2D eigenvalue weighted by Crippen LogP contribution is -2.12. The predicted molar refractivity (Wildman–Crippen MR) is 84.2 cm³/mol. The first kappa shape index (κ1) is 16.0. The van der Waals surface area contributed by atoms with Crippen LogP contribution in [0.5, 0.6) is 5.75 Å². The van der Waals surface area contributed by atoms with Crippen molar-refractivity contribution in [1.29, 1.82) is 0 Å². The fraction of sp³-hybridized carbons (Fsp3) is 0.278. The minimum atomic E-state index is -0.449. The largest absolute Gasteiger partial charge is 0.489 e. The van der Waals surface area contributed by atoms with Crippen molar-refractivity contribution in [2.75, 3.05) is 0 Å². The summed E-state index contributed by atoms with van der Waals surface area (Å²) in [5.74, 6) is 0.435. The summed E-state index contributed by atoms with van der Waals surface area (Å²) in [4.78, 5) is 11.3. The summed E-state index contributed by atoms with van der Waals surface area (Å²) >= 11 is 0. The van der Waals surface area contributed by atoms with Crippen LogP contribution in [0.3, 0.4) is 0 Å². The first-order valence-electron chi connectivity index (χ1n) is 7.25. The zero-order valence-corrected chi connectivity index (χ0v) is 12.8. The maximum absolute atomic E-state index is 12.9. The van der Waals surface area contributed by atoms with Crippen LogP contribution in [0, 0.1) is 11.7 Å². The van der Waals surface area contributed by atoms with Gasteiger partial charge in [0.05, 0.1) is 0 Å². The highest BCUT2D eigenvalue weighted by atomic mass is 19.1. The van der Waals surface area contributed by atoms with Gasteiger partial charge < -0.3 is 10.5 Å². The van der Waals surface area contributed by atoms with Crippen molar-refractivity contribution in [3.63, 3.8) is 0 Å². The van der Waals surface area contributed by atoms with Crippen molar-refractivity contribution in [3.8, 4) is 5.75 Å². The Labute approximate surface area is 129 Å². The highest BCUT2D eigenvalue weighted by molar-refractivity contribution is 5.93. The highest BCUT2D eigenvalue weighted by Gasteiger charge is 2.10. The number of primary amides is 1. The fourth-order valence-corrected chi connectivity index (χ4v) is 2.21. The van der Waals surface area contributed by atoms with Crippen LogP contribution in [0.15, 0.2) is 42.5 Å². The molecule has 0 heterocycles. The Bertz CT molecular complexity index is 651. The summed E-state index contributed by atoms with van der Waals surface area (Å²) in [6.45, 7) is 4.54. The van der Waals surface area contributed by atoms with E-state index in [-0.39, 0.29) is 5.82 Å². The molecule has 0 fully saturated rings. The van der Waals surface area contributed by atoms with Gasteiger partial charge in [0.25, 0.3) is 0 Å². The summed E-state index contributed by atoms with van der Waals surface area (Å²) in [6.07, 6.45) is 0.792. The SMILES string of the molecule is CC(C)Cc1cc(C(N)=O)ccc1OCc1ccc(F)cc1. The predicted octanol–water partition coefficient (Wildman–Crippen LogP) is 3.70. The number of ether oxygens (including phenoxy) is 1. The second-order valence-corrected chi connectivity index (χ2v) is 5.70. The number of hydrogen-bond acceptors (Lipinski definition) is 2. The number of halogens is 1. The van der Waals surface area contributed by atoms with E-state index < -0.39 is 5.91 Å². The van der Waals surface area contributed by atoms with Gasteiger partial charge in [-0.25, -0.2) is 4.39 Å². The minimum Gasteiger partial charge on any atom is -0.489 e. The van der Waals surface area contributed by atoms with Crippen molar-refractivity contribution in [1.82, 2.24) is 0 Å². The summed E-state index contributed by atoms with van der Waals surface area (Å²) in [6, 6.07) is 11.4. The van der Waals surface area contributed by atoms with E-state index in [0.717, 1.165) is 23.3 Å². The molecule has 2 N–H and O–H groups in total. The second-order valence-electron chi connectivity index (χ2n) is 5.70. The smallest absolute Gasteiger partial charge is 0.248 e. The molecule has 0 aliphatic carbocycles. The van der Waals surface area contributed by atoms with Gasteiger partial charge in [0.15, 0.2) is 0 Å². The van der Waals surface area contributed by atoms with E-state index >= 15 is 0 Å². The van der Waals surface area contributed by atoms with Gasteiger partial charge in [0.1, 0.15) is 18.2 Å². The summed E-state index contributed by atoms with van der Waals surface area (Å²) in [7, 11) is 0. The molecule has 0 aliphatic rings. The molecule has 22 heavy (non-hydrogen) atoms. The van der Waals surface area contributed by atoms with Crippen LogP contribution < -0.4 is 10.5 Å². The molecular formula is C18H20FNO2. The van der Waals surface area contributed by atoms with Crippen molar-refractivity contribution < 1.29 is 13.9 Å². The van der Waals surface area contributed by atoms with Gasteiger partial charge in [-0.3, -0.25) is 4.79 Å². The molecule has 0 aromatic heterocycles. The van der Waals surface area contributed by atoms with E-state index in [1.807, 2.05) is 0 Å². The topological polar surface area (TPSA) is 52.3 Å². The zero-order chi connectivity index (χ0) is 16.1. The van der Waals surface area contributed by atoms with E-state index in [1.54, 1.807) is 30.3 Å². The molecule has 2 rings (SSSR count). The third-order valence-corrected chi connectivity index (χ3v) is 3.28. The molecule has 1 amide bonds. The molecule has 0 atom stereocenters. The van der Waals surface area contributed by atoms with Crippen molar-refractivity contribution in [2.24, 2.45) is 11.7 Å². The average Bonchev–Trinajstić information content (AvgIpc) is 2.47. The van der Waals surface area contributed by atoms with Gasteiger partial charge in [-0.1, -0.05) is 26.0 Å². The lowest BCUT2D eigenvalue weighted by molar-refractivity contribution is 0.1000. The van der Waals surface area contributed by atoms with Crippen LogP contribution in [0.4, 0.5) is 4.39 Å². The van der Waals surface area contributed by atoms with Crippen LogP contribution in [-0.4, -0.2) is 5.91 Å². The van der Waals surface area contributed by atoms with Crippen molar-refractivity contribution >= 4 is 5.91 Å². The number of amides is 1. The Balaban J connectivity index is 2.17. The maximum Gasteiger partial charge on any atom is 0.248 e. The van der Waals surface area contributed by atoms with Crippen LogP contribution in [-0.2, 0) is 13.0 Å². The lowest BCUT2D eigenvalue weighted by atomic mass is 9.99. The van der Waals surface area contributed by atoms with Crippen molar-refractivity contribution in [2.45, 2.75) is 26.9 Å². The molecular weight excluding hydrogens is 281 g/mol. The summed E-state index contributed by atoms with van der Waals surface area (Å²) in [5.41, 5.74) is 7.64. The highest BCUT2D eigenvalue weighted by Crippen LogP contribution is 2.24. The zero-order valence-electron chi connectivity index (χ0n) is 12.8. The molecule has 2 aromatic rings. The Morgan fingerprint density at radius 2 is 1.86 bits per heavy atom. The summed E-state index contributed by atoms with van der Waals surface area (Å²) in [5, 5.41) is 0. The van der Waals surface area contributed by atoms with Crippen LogP contribution in [0.1, 0.15) is 35.3 Å². The minimum absolute atomic E-state index is 0.268. The normalized spacial score (nSPS) is 10.7. The van der Waals surface area contributed by atoms with E-state index in [1.165, 1.54) is 12.1 Å². The van der Waals surface area contributed by atoms with E-state index in [4.69, 9.17) is 10.5 Å². The Morgan fingerprint density at radius 3 is 2.45 bits per heavy atom. The first-order chi connectivity index (χ1) is 10.5. The number of hydrogen-bond donors (Lipinski definition) is 1. The van der Waals surface area contributed by atoms with Crippen LogP contribution in [0.2, 0.25) is 0 Å². The van der Waals surface area contributed by atoms with Gasteiger partial charge in [-0.05, 0) is 53.8 Å². The van der Waals surface area contributed by atoms with Gasteiger partial charge >= 0.3 is 0 Å². The molecule has 0 saturated heterocycles. The monoisotopic (exact) mass is 301 g/mol. The molecule has 0 radical (unpaired) electrons. The van der Waals surface area contributed by atoms with Crippen LogP contribution >= 0.6 is 0 Å². The molecule has 2 aromatic carbocycles. The summed E-state index contributed by atoms with van der Waals surface area (Å²) < 4.78 is 18.7. The van der Waals surface area contributed by atoms with E-state index in [9.17, 15) is 9.18 Å². The second kappa shape index (κ2) is 7.07. The molecule has 0 aliphatic heterocycles. The molecule has 0 bridgehead atoms. The molecule has 116 valence electrons. The first-order valence-corrected chi connectivity index (χ1v) is 7.25. The molecule has 4 heteroatoms. The number of carbonyl (C=O) groups excluding carboxylic acids is 1. The standard InChI is InChI=1S/C18H20FNO2/c1-12(2)9-15-10-14(18(20)21)5-8-17(15)22-11-13-3-6-16(19)7-4-13/h3-8,10,12H,9,11H2,1-2H3,(H2,20,21). The van der Waals surface area contributed by atoms with Crippen LogP contribution in [0.25, 0.3) is 0 Å². The Morgan fingerprint density at radius 1 is 1.18 bits per heavy atom. The molecule has 0 spiro atoms. The Hall–Kier alpha value is -2.36. The van der Waals surface area contributed by atoms with Gasteiger partial charge in [-0.15, -0.1) is 0 Å². The lowest BCUT2D eigenvalue weighted by Gasteiger charge is -2.14. The molecule has 3 nitrogen and oxygen atoms in total. The van der Waals surface area contributed by atoms with Crippen molar-refractivity contribution in [3.05, 3.63) is 65.0 Å². The van der Waals surface area contributed by atoms with E-state index in [2.05, 4.69) is 13.8 Å². The third-order valence-electron chi connectivity index (χ3n) is 3.28. The maximum atomic E-state index is 12.9. The van der Waals surface area contributed by atoms with E-state index in [0.29, 0.717) is 18.1 Å². The third kappa shape index (κ3) is 4.32. The number of carbonyl (C=O) groups is 1. The van der Waals surface area contributed by atoms with Gasteiger partial charge in [0, 0.05) is 5.56 Å². The Kier molecular flexibility index (Phi) is 5.15. The van der Waals surface area contributed by atoms with Gasteiger partial charge in [0.2, 0.25) is 5.91 Å². The number of nitrogens with two attached hydrogens (primary N) is 1. The number of rotatable bonds is 6. The fourth-order valence-electron chi connectivity index (χ4n) is 2.21. The quantitative estimate of drug-likeness (QED) is 0.884.